The van der Waals surface area contributed by atoms with Gasteiger partial charge in [0.05, 0.1) is 40.4 Å². The predicted octanol–water partition coefficient (Wildman–Crippen LogP) is 2.65. The molecule has 0 aliphatic carbocycles. The van der Waals surface area contributed by atoms with Crippen molar-refractivity contribution in [3.8, 4) is 12.1 Å². The van der Waals surface area contributed by atoms with E-state index >= 15 is 0 Å². The van der Waals surface area contributed by atoms with Crippen LogP contribution in [0.2, 0.25) is 0 Å². The molecule has 0 saturated carbocycles. The van der Waals surface area contributed by atoms with Gasteiger partial charge in [0, 0.05) is 31.1 Å². The number of rotatable bonds is 5. The van der Waals surface area contributed by atoms with E-state index in [4.69, 9.17) is 5.26 Å². The number of nitro groups is 1. The average Bonchev–Trinajstić information content (AvgIpc) is 2.87. The summed E-state index contributed by atoms with van der Waals surface area (Å²) in [5.74, 6) is -0.0178. The van der Waals surface area contributed by atoms with Gasteiger partial charge in [0.1, 0.15) is 0 Å². The van der Waals surface area contributed by atoms with Gasteiger partial charge >= 0.3 is 0 Å². The Morgan fingerprint density at radius 3 is 2.76 bits per heavy atom. The lowest BCUT2D eigenvalue weighted by Gasteiger charge is -2.35. The van der Waals surface area contributed by atoms with Gasteiger partial charge in [0.15, 0.2) is 0 Å². The molecule has 2 aliphatic rings. The molecule has 0 radical (unpaired) electrons. The van der Waals surface area contributed by atoms with Crippen molar-refractivity contribution in [3.05, 3.63) is 34.4 Å². The van der Waals surface area contributed by atoms with Crippen LogP contribution in [0, 0.1) is 38.7 Å². The van der Waals surface area contributed by atoms with E-state index < -0.39 is 4.92 Å². The fourth-order valence-electron chi connectivity index (χ4n) is 3.72. The number of benzene rings is 1. The van der Waals surface area contributed by atoms with Crippen LogP contribution in [0.25, 0.3) is 0 Å². The molecule has 3 atom stereocenters. The summed E-state index contributed by atoms with van der Waals surface area (Å²) >= 11 is 0. The highest BCUT2D eigenvalue weighted by Crippen LogP contribution is 2.38. The third kappa shape index (κ3) is 3.44. The number of nitrogens with one attached hydrogen (secondary N) is 1. The van der Waals surface area contributed by atoms with Gasteiger partial charge in [0.2, 0.25) is 0 Å². The van der Waals surface area contributed by atoms with Crippen LogP contribution in [0.1, 0.15) is 25.7 Å². The molecule has 8 nitrogen and oxygen atoms in total. The standard InChI is InChI=1S/C17H18N6O2/c18-8-1-9-22-16-7-6-15(17(22)10-12(16)11-19)21-20-13-2-4-14(5-3-13)23(24)25/h2-5,12,16-17,20H,1,6-7,9-10H2. The topological polar surface area (TPSA) is 118 Å². The summed E-state index contributed by atoms with van der Waals surface area (Å²) < 4.78 is 0. The van der Waals surface area contributed by atoms with Crippen LogP contribution in [-0.2, 0) is 0 Å². The molecule has 3 rings (SSSR count). The first-order valence-electron chi connectivity index (χ1n) is 8.23. The normalized spacial score (nSPS) is 26.8. The molecule has 1 aromatic carbocycles. The average molecular weight is 338 g/mol. The molecule has 0 amide bonds. The van der Waals surface area contributed by atoms with Gasteiger partial charge in [-0.05, 0) is 31.4 Å². The molecule has 1 N–H and O–H groups in total. The summed E-state index contributed by atoms with van der Waals surface area (Å²) in [6.45, 7) is 0.653. The smallest absolute Gasteiger partial charge is 0.269 e. The van der Waals surface area contributed by atoms with Crippen molar-refractivity contribution in [2.75, 3.05) is 12.0 Å². The van der Waals surface area contributed by atoms with E-state index in [2.05, 4.69) is 27.6 Å². The van der Waals surface area contributed by atoms with Gasteiger partial charge in [-0.3, -0.25) is 20.4 Å². The number of non-ortho nitro benzene ring substituents is 1. The Kier molecular flexibility index (Phi) is 4.92. The largest absolute Gasteiger partial charge is 0.290 e. The summed E-state index contributed by atoms with van der Waals surface area (Å²) in [6, 6.07) is 11.0. The van der Waals surface area contributed by atoms with Crippen LogP contribution in [-0.4, -0.2) is 34.2 Å². The Morgan fingerprint density at radius 1 is 1.36 bits per heavy atom. The van der Waals surface area contributed by atoms with E-state index in [0.717, 1.165) is 25.0 Å². The SMILES string of the molecule is N#CCCN1C2CC(C#N)C1CCC2=NNc1ccc([N+](=O)[O-])cc1. The van der Waals surface area contributed by atoms with Gasteiger partial charge in [-0.25, -0.2) is 0 Å². The quantitative estimate of drug-likeness (QED) is 0.651. The number of nitrogens with zero attached hydrogens (tertiary/aromatic N) is 5. The van der Waals surface area contributed by atoms with Crippen molar-refractivity contribution in [2.45, 2.75) is 37.8 Å². The van der Waals surface area contributed by atoms with Crippen LogP contribution in [0.3, 0.4) is 0 Å². The summed E-state index contributed by atoms with van der Waals surface area (Å²) in [5, 5.41) is 33.4. The van der Waals surface area contributed by atoms with Gasteiger partial charge in [-0.2, -0.15) is 15.6 Å². The van der Waals surface area contributed by atoms with Crippen molar-refractivity contribution < 1.29 is 4.92 Å². The van der Waals surface area contributed by atoms with Crippen LogP contribution >= 0.6 is 0 Å². The molecular formula is C17H18N6O2. The minimum absolute atomic E-state index is 0.0178. The Labute approximate surface area is 145 Å². The first-order chi connectivity index (χ1) is 12.1. The zero-order valence-electron chi connectivity index (χ0n) is 13.6. The molecule has 128 valence electrons. The van der Waals surface area contributed by atoms with Gasteiger partial charge in [-0.15, -0.1) is 0 Å². The van der Waals surface area contributed by atoms with Crippen molar-refractivity contribution in [1.29, 1.82) is 10.5 Å². The highest BCUT2D eigenvalue weighted by molar-refractivity contribution is 5.91. The molecule has 25 heavy (non-hydrogen) atoms. The second kappa shape index (κ2) is 7.29. The summed E-state index contributed by atoms with van der Waals surface area (Å²) in [7, 11) is 0. The lowest BCUT2D eigenvalue weighted by molar-refractivity contribution is -0.384. The number of nitriles is 2. The number of nitro benzene ring substituents is 1. The maximum absolute atomic E-state index is 10.7. The van der Waals surface area contributed by atoms with E-state index in [1.54, 1.807) is 12.1 Å². The first kappa shape index (κ1) is 16.9. The molecule has 2 bridgehead atoms. The van der Waals surface area contributed by atoms with Crippen LogP contribution in [0.5, 0.6) is 0 Å². The summed E-state index contributed by atoms with van der Waals surface area (Å²) in [4.78, 5) is 12.5. The second-order valence-corrected chi connectivity index (χ2v) is 6.26. The number of hydrogen-bond acceptors (Lipinski definition) is 7. The molecule has 2 fully saturated rings. The van der Waals surface area contributed by atoms with Crippen LogP contribution in [0.4, 0.5) is 11.4 Å². The number of anilines is 1. The van der Waals surface area contributed by atoms with Crippen molar-refractivity contribution in [2.24, 2.45) is 11.0 Å². The highest BCUT2D eigenvalue weighted by Gasteiger charge is 2.46. The molecular weight excluding hydrogens is 320 g/mol. The summed E-state index contributed by atoms with van der Waals surface area (Å²) in [6.07, 6.45) is 2.86. The van der Waals surface area contributed by atoms with E-state index in [1.807, 2.05) is 0 Å². The fraction of sp³-hybridized carbons (Fsp3) is 0.471. The Morgan fingerprint density at radius 2 is 2.12 bits per heavy atom. The zero-order valence-corrected chi connectivity index (χ0v) is 13.6. The predicted molar refractivity (Wildman–Crippen MR) is 91.6 cm³/mol. The maximum Gasteiger partial charge on any atom is 0.269 e. The van der Waals surface area contributed by atoms with Crippen molar-refractivity contribution in [3.63, 3.8) is 0 Å². The Hall–Kier alpha value is -2.97. The van der Waals surface area contributed by atoms with Crippen molar-refractivity contribution in [1.82, 2.24) is 4.90 Å². The van der Waals surface area contributed by atoms with E-state index in [-0.39, 0.29) is 23.7 Å². The molecule has 2 heterocycles. The molecule has 1 aromatic rings. The van der Waals surface area contributed by atoms with Crippen LogP contribution < -0.4 is 5.43 Å². The van der Waals surface area contributed by atoms with E-state index in [9.17, 15) is 15.4 Å². The lowest BCUT2D eigenvalue weighted by Crippen LogP contribution is -2.46. The van der Waals surface area contributed by atoms with Gasteiger partial charge in [0.25, 0.3) is 5.69 Å². The monoisotopic (exact) mass is 338 g/mol. The molecule has 2 aliphatic heterocycles. The van der Waals surface area contributed by atoms with Gasteiger partial charge < -0.3 is 0 Å². The lowest BCUT2D eigenvalue weighted by atomic mass is 9.98. The number of hydrazone groups is 1. The zero-order chi connectivity index (χ0) is 17.8. The van der Waals surface area contributed by atoms with Crippen LogP contribution in [0.15, 0.2) is 29.4 Å². The number of fused-ring (bicyclic) bond motifs is 2. The number of hydrogen-bond donors (Lipinski definition) is 1. The summed E-state index contributed by atoms with van der Waals surface area (Å²) in [5.41, 5.74) is 4.66. The third-order valence-corrected chi connectivity index (χ3v) is 4.90. The number of piperidine rings is 1. The highest BCUT2D eigenvalue weighted by atomic mass is 16.6. The molecule has 8 heteroatoms. The molecule has 3 unspecified atom stereocenters. The van der Waals surface area contributed by atoms with E-state index in [0.29, 0.717) is 18.7 Å². The Balaban J connectivity index is 1.73. The molecule has 0 aromatic heterocycles. The van der Waals surface area contributed by atoms with Gasteiger partial charge in [-0.1, -0.05) is 0 Å². The maximum atomic E-state index is 10.7. The third-order valence-electron chi connectivity index (χ3n) is 4.90. The minimum atomic E-state index is -0.440. The fourth-order valence-corrected chi connectivity index (χ4v) is 3.72. The van der Waals surface area contributed by atoms with Crippen molar-refractivity contribution >= 4 is 17.1 Å². The minimum Gasteiger partial charge on any atom is -0.290 e. The Bertz CT molecular complexity index is 761. The first-order valence-corrected chi connectivity index (χ1v) is 8.23. The van der Waals surface area contributed by atoms with E-state index in [1.165, 1.54) is 12.1 Å². The molecule has 2 saturated heterocycles. The molecule has 0 spiro atoms. The second-order valence-electron chi connectivity index (χ2n) is 6.26.